The van der Waals surface area contributed by atoms with Crippen LogP contribution in [0.3, 0.4) is 0 Å². The summed E-state index contributed by atoms with van der Waals surface area (Å²) in [5.74, 6) is -1.53. The molecule has 7 heteroatoms. The number of anilines is 1. The van der Waals surface area contributed by atoms with Crippen molar-refractivity contribution in [1.82, 2.24) is 4.98 Å². The average Bonchev–Trinajstić information content (AvgIpc) is 2.83. The lowest BCUT2D eigenvalue weighted by Gasteiger charge is -2.14. The molecule has 1 atom stereocenters. The summed E-state index contributed by atoms with van der Waals surface area (Å²) in [4.78, 5) is 26.7. The minimum atomic E-state index is -1.21. The Hall–Kier alpha value is -1.92. The van der Waals surface area contributed by atoms with E-state index < -0.39 is 5.97 Å². The molecule has 0 fully saturated rings. The average molecular weight is 325 g/mol. The van der Waals surface area contributed by atoms with Gasteiger partial charge in [-0.15, -0.1) is 0 Å². The zero-order valence-corrected chi connectivity index (χ0v) is 13.0. The van der Waals surface area contributed by atoms with E-state index >= 15 is 0 Å². The SMILES string of the molecule is CC(=O)c1sc(NC(C)c2ccccc2Cl)nc1C(=O)O. The summed E-state index contributed by atoms with van der Waals surface area (Å²) >= 11 is 7.15. The van der Waals surface area contributed by atoms with Crippen molar-refractivity contribution >= 4 is 39.8 Å². The van der Waals surface area contributed by atoms with Gasteiger partial charge in [-0.05, 0) is 18.6 Å². The van der Waals surface area contributed by atoms with Crippen LogP contribution in [0.2, 0.25) is 5.02 Å². The highest BCUT2D eigenvalue weighted by molar-refractivity contribution is 7.17. The van der Waals surface area contributed by atoms with Crippen LogP contribution < -0.4 is 5.32 Å². The Balaban J connectivity index is 2.28. The number of carboxylic acid groups (broad SMARTS) is 1. The van der Waals surface area contributed by atoms with Crippen LogP contribution in [0.1, 0.15) is 45.6 Å². The van der Waals surface area contributed by atoms with E-state index in [9.17, 15) is 9.59 Å². The van der Waals surface area contributed by atoms with E-state index in [1.54, 1.807) is 6.07 Å². The molecule has 0 radical (unpaired) electrons. The highest BCUT2D eigenvalue weighted by Crippen LogP contribution is 2.29. The molecule has 0 spiro atoms. The van der Waals surface area contributed by atoms with Gasteiger partial charge in [0, 0.05) is 11.9 Å². The van der Waals surface area contributed by atoms with E-state index in [0.717, 1.165) is 16.9 Å². The van der Waals surface area contributed by atoms with E-state index in [-0.39, 0.29) is 22.4 Å². The van der Waals surface area contributed by atoms with Gasteiger partial charge in [0.15, 0.2) is 16.6 Å². The van der Waals surface area contributed by atoms with Crippen molar-refractivity contribution in [3.05, 3.63) is 45.4 Å². The number of aromatic carboxylic acids is 1. The number of hydrogen-bond donors (Lipinski definition) is 2. The number of carboxylic acids is 1. The Morgan fingerprint density at radius 3 is 2.57 bits per heavy atom. The minimum absolute atomic E-state index is 0.136. The molecule has 1 aromatic heterocycles. The van der Waals surface area contributed by atoms with Crippen molar-refractivity contribution in [2.45, 2.75) is 19.9 Å². The van der Waals surface area contributed by atoms with Crippen molar-refractivity contribution in [2.75, 3.05) is 5.32 Å². The monoisotopic (exact) mass is 324 g/mol. The van der Waals surface area contributed by atoms with Crippen molar-refractivity contribution in [3.63, 3.8) is 0 Å². The quantitative estimate of drug-likeness (QED) is 0.816. The number of Topliss-reactive ketones (excluding diaryl/α,β-unsaturated/α-hetero) is 1. The number of rotatable bonds is 5. The number of thiazole rings is 1. The highest BCUT2D eigenvalue weighted by atomic mass is 35.5. The van der Waals surface area contributed by atoms with E-state index in [0.29, 0.717) is 10.2 Å². The lowest BCUT2D eigenvalue weighted by atomic mass is 10.1. The predicted molar refractivity (Wildman–Crippen MR) is 82.6 cm³/mol. The second kappa shape index (κ2) is 6.24. The van der Waals surface area contributed by atoms with Crippen LogP contribution in [0.4, 0.5) is 5.13 Å². The number of ketones is 1. The first kappa shape index (κ1) is 15.5. The molecule has 1 aromatic carbocycles. The summed E-state index contributed by atoms with van der Waals surface area (Å²) in [7, 11) is 0. The summed E-state index contributed by atoms with van der Waals surface area (Å²) < 4.78 is 0. The second-order valence-corrected chi connectivity index (χ2v) is 5.85. The van der Waals surface area contributed by atoms with Crippen LogP contribution in [-0.2, 0) is 0 Å². The van der Waals surface area contributed by atoms with Crippen LogP contribution >= 0.6 is 22.9 Å². The number of carbonyl (C=O) groups is 2. The lowest BCUT2D eigenvalue weighted by molar-refractivity contribution is 0.0687. The first-order valence-electron chi connectivity index (χ1n) is 6.16. The fourth-order valence-corrected chi connectivity index (χ4v) is 3.09. The molecule has 2 rings (SSSR count). The lowest BCUT2D eigenvalue weighted by Crippen LogP contribution is -2.07. The van der Waals surface area contributed by atoms with E-state index in [1.807, 2.05) is 25.1 Å². The predicted octanol–water partition coefficient (Wildman–Crippen LogP) is 3.87. The molecule has 110 valence electrons. The smallest absolute Gasteiger partial charge is 0.356 e. The molecule has 0 bridgehead atoms. The number of nitrogens with one attached hydrogen (secondary N) is 1. The van der Waals surface area contributed by atoms with Gasteiger partial charge in [-0.2, -0.15) is 0 Å². The molecule has 21 heavy (non-hydrogen) atoms. The zero-order chi connectivity index (χ0) is 15.6. The van der Waals surface area contributed by atoms with E-state index in [1.165, 1.54) is 6.92 Å². The maximum Gasteiger partial charge on any atom is 0.356 e. The van der Waals surface area contributed by atoms with Gasteiger partial charge in [0.05, 0.1) is 6.04 Å². The van der Waals surface area contributed by atoms with Crippen molar-refractivity contribution < 1.29 is 14.7 Å². The van der Waals surface area contributed by atoms with Gasteiger partial charge in [-0.3, -0.25) is 4.79 Å². The maximum atomic E-state index is 11.5. The number of aromatic nitrogens is 1. The number of nitrogens with zero attached hydrogens (tertiary/aromatic N) is 1. The Labute approximate surface area is 130 Å². The van der Waals surface area contributed by atoms with Gasteiger partial charge >= 0.3 is 5.97 Å². The normalized spacial score (nSPS) is 12.0. The highest BCUT2D eigenvalue weighted by Gasteiger charge is 2.21. The standard InChI is InChI=1S/C14H13ClN2O3S/c1-7(9-5-3-4-6-10(9)15)16-14-17-11(13(19)20)12(21-14)8(2)18/h3-7H,1-2H3,(H,16,17)(H,19,20). The minimum Gasteiger partial charge on any atom is -0.476 e. The number of halogens is 1. The molecule has 2 N–H and O–H groups in total. The summed E-state index contributed by atoms with van der Waals surface area (Å²) in [5, 5.41) is 13.1. The Bertz CT molecular complexity index is 668. The zero-order valence-electron chi connectivity index (χ0n) is 11.4. The second-order valence-electron chi connectivity index (χ2n) is 4.45. The van der Waals surface area contributed by atoms with E-state index in [4.69, 9.17) is 16.7 Å². The maximum absolute atomic E-state index is 11.5. The molecule has 0 saturated carbocycles. The van der Waals surface area contributed by atoms with Gasteiger partial charge in [-0.25, -0.2) is 9.78 Å². The molecular weight excluding hydrogens is 312 g/mol. The number of hydrogen-bond acceptors (Lipinski definition) is 5. The van der Waals surface area contributed by atoms with Crippen molar-refractivity contribution in [2.24, 2.45) is 0 Å². The van der Waals surface area contributed by atoms with Crippen molar-refractivity contribution in [3.8, 4) is 0 Å². The van der Waals surface area contributed by atoms with Crippen LogP contribution in [0.25, 0.3) is 0 Å². The molecule has 0 aliphatic heterocycles. The summed E-state index contributed by atoms with van der Waals surface area (Å²) in [6.45, 7) is 3.21. The molecule has 0 amide bonds. The third-order valence-electron chi connectivity index (χ3n) is 2.86. The molecule has 0 aliphatic carbocycles. The topological polar surface area (TPSA) is 79.3 Å². The van der Waals surface area contributed by atoms with Crippen LogP contribution in [0.15, 0.2) is 24.3 Å². The van der Waals surface area contributed by atoms with Crippen LogP contribution in [0.5, 0.6) is 0 Å². The Kier molecular flexibility index (Phi) is 4.59. The third-order valence-corrected chi connectivity index (χ3v) is 4.29. The Morgan fingerprint density at radius 1 is 1.38 bits per heavy atom. The van der Waals surface area contributed by atoms with Gasteiger partial charge in [0.2, 0.25) is 0 Å². The third kappa shape index (κ3) is 3.40. The fraction of sp³-hybridized carbons (Fsp3) is 0.214. The summed E-state index contributed by atoms with van der Waals surface area (Å²) in [5.41, 5.74) is 0.650. The first-order valence-corrected chi connectivity index (χ1v) is 7.35. The summed E-state index contributed by atoms with van der Waals surface area (Å²) in [6.07, 6.45) is 0. The summed E-state index contributed by atoms with van der Waals surface area (Å²) in [6, 6.07) is 7.19. The fourth-order valence-electron chi connectivity index (χ4n) is 1.85. The van der Waals surface area contributed by atoms with Gasteiger partial charge in [-0.1, -0.05) is 41.1 Å². The van der Waals surface area contributed by atoms with Crippen LogP contribution in [-0.4, -0.2) is 21.8 Å². The molecule has 2 aromatic rings. The molecule has 0 aliphatic rings. The number of carbonyl (C=O) groups excluding carboxylic acids is 1. The first-order chi connectivity index (χ1) is 9.90. The molecule has 1 unspecified atom stereocenters. The van der Waals surface area contributed by atoms with Crippen LogP contribution in [0, 0.1) is 0 Å². The molecule has 1 heterocycles. The largest absolute Gasteiger partial charge is 0.476 e. The number of benzene rings is 1. The molecule has 5 nitrogen and oxygen atoms in total. The Morgan fingerprint density at radius 2 is 2.05 bits per heavy atom. The van der Waals surface area contributed by atoms with E-state index in [2.05, 4.69) is 10.3 Å². The van der Waals surface area contributed by atoms with Gasteiger partial charge in [0.25, 0.3) is 0 Å². The molecule has 0 saturated heterocycles. The van der Waals surface area contributed by atoms with Gasteiger partial charge in [0.1, 0.15) is 4.88 Å². The molecular formula is C14H13ClN2O3S. The van der Waals surface area contributed by atoms with Gasteiger partial charge < -0.3 is 10.4 Å². The van der Waals surface area contributed by atoms with Crippen molar-refractivity contribution in [1.29, 1.82) is 0 Å².